The van der Waals surface area contributed by atoms with Gasteiger partial charge in [0, 0.05) is 36.6 Å². The van der Waals surface area contributed by atoms with Crippen LogP contribution in [0.25, 0.3) is 0 Å². The number of hydroxylamine groups is 2. The molecule has 14 heteroatoms. The van der Waals surface area contributed by atoms with Gasteiger partial charge in [-0.2, -0.15) is 10.0 Å². The van der Waals surface area contributed by atoms with E-state index in [0.717, 1.165) is 18.4 Å². The number of urea groups is 1. The largest absolute Gasteiger partial charge is 0.464 e. The van der Waals surface area contributed by atoms with Crippen molar-refractivity contribution in [2.24, 2.45) is 0 Å². The van der Waals surface area contributed by atoms with Gasteiger partial charge in [-0.3, -0.25) is 9.63 Å². The molecule has 1 atom stereocenters. The molecule has 3 aromatic rings. The number of benzene rings is 2. The van der Waals surface area contributed by atoms with Crippen molar-refractivity contribution in [3.63, 3.8) is 0 Å². The van der Waals surface area contributed by atoms with Gasteiger partial charge in [0.25, 0.3) is 0 Å². The molecule has 2 aromatic carbocycles. The predicted octanol–water partition coefficient (Wildman–Crippen LogP) is 5.88. The van der Waals surface area contributed by atoms with E-state index in [1.165, 1.54) is 6.20 Å². The van der Waals surface area contributed by atoms with E-state index in [9.17, 15) is 19.5 Å². The molecule has 1 aliphatic heterocycles. The monoisotopic (exact) mass is 693 g/mol. The lowest BCUT2D eigenvalue weighted by molar-refractivity contribution is -0.220. The van der Waals surface area contributed by atoms with Crippen LogP contribution >= 0.6 is 15.9 Å². The van der Waals surface area contributed by atoms with Crippen molar-refractivity contribution in [2.75, 3.05) is 35.6 Å². The average molecular weight is 695 g/mol. The Balaban J connectivity index is 1.67. The van der Waals surface area contributed by atoms with Gasteiger partial charge in [-0.05, 0) is 73.3 Å². The number of hydrogen-bond donors (Lipinski definition) is 4. The summed E-state index contributed by atoms with van der Waals surface area (Å²) in [5.74, 6) is 2.12. The van der Waals surface area contributed by atoms with E-state index in [4.69, 9.17) is 16.0 Å². The Morgan fingerprint density at radius 1 is 1.09 bits per heavy atom. The minimum Gasteiger partial charge on any atom is -0.464 e. The summed E-state index contributed by atoms with van der Waals surface area (Å²) in [6.45, 7) is 6.36. The Kier molecular flexibility index (Phi) is 11.4. The summed E-state index contributed by atoms with van der Waals surface area (Å²) < 4.78 is 5.97. The molecule has 0 aliphatic carbocycles. The molecule has 46 heavy (non-hydrogen) atoms. The Bertz CT molecular complexity index is 1590. The summed E-state index contributed by atoms with van der Waals surface area (Å²) in [6, 6.07) is 12.3. The lowest BCUT2D eigenvalue weighted by atomic mass is 10.0. The van der Waals surface area contributed by atoms with Crippen LogP contribution in [-0.4, -0.2) is 74.4 Å². The van der Waals surface area contributed by atoms with Crippen LogP contribution < -0.4 is 20.7 Å². The highest BCUT2D eigenvalue weighted by atomic mass is 79.9. The normalized spacial score (nSPS) is 13.3. The van der Waals surface area contributed by atoms with Crippen molar-refractivity contribution >= 4 is 57.0 Å². The highest BCUT2D eigenvalue weighted by Gasteiger charge is 2.35. The number of ether oxygens (including phenoxy) is 1. The topological polar surface area (TPSA) is 158 Å². The maximum Gasteiger partial charge on any atom is 0.432 e. The fourth-order valence-corrected chi connectivity index (χ4v) is 4.90. The minimum absolute atomic E-state index is 0.000311. The minimum atomic E-state index is -1.42. The van der Waals surface area contributed by atoms with E-state index >= 15 is 0 Å². The van der Waals surface area contributed by atoms with Gasteiger partial charge in [0.2, 0.25) is 17.7 Å². The number of terminal acetylenes is 1. The molecule has 1 fully saturated rings. The molecule has 1 saturated heterocycles. The van der Waals surface area contributed by atoms with Gasteiger partial charge in [-0.15, -0.1) is 6.42 Å². The van der Waals surface area contributed by atoms with Crippen LogP contribution in [0.1, 0.15) is 39.2 Å². The van der Waals surface area contributed by atoms with Crippen LogP contribution in [0.4, 0.5) is 32.6 Å². The Morgan fingerprint density at radius 3 is 2.37 bits per heavy atom. The second-order valence-electron chi connectivity index (χ2n) is 11.4. The van der Waals surface area contributed by atoms with Gasteiger partial charge in [0.1, 0.15) is 6.04 Å². The third-order valence-corrected chi connectivity index (χ3v) is 7.07. The number of aromatic nitrogens is 2. The smallest absolute Gasteiger partial charge is 0.432 e. The molecule has 13 nitrogen and oxygen atoms in total. The fraction of sp³-hybridized carbons (Fsp3) is 0.344. The predicted molar refractivity (Wildman–Crippen MR) is 177 cm³/mol. The number of anilines is 4. The van der Waals surface area contributed by atoms with Crippen molar-refractivity contribution in [2.45, 2.75) is 51.7 Å². The zero-order chi connectivity index (χ0) is 33.3. The van der Waals surface area contributed by atoms with Gasteiger partial charge in [-0.1, -0.05) is 36.3 Å². The lowest BCUT2D eigenvalue weighted by Gasteiger charge is -2.33. The molecule has 0 bridgehead atoms. The molecule has 4 rings (SSSR count). The molecule has 1 aliphatic rings. The first-order chi connectivity index (χ1) is 21.9. The molecule has 242 valence electrons. The number of hydrogen-bond acceptors (Lipinski definition) is 8. The van der Waals surface area contributed by atoms with Crippen molar-refractivity contribution in [3.05, 3.63) is 64.8 Å². The average Bonchev–Trinajstić information content (AvgIpc) is 3.54. The van der Waals surface area contributed by atoms with E-state index in [1.807, 2.05) is 6.07 Å². The number of carbonyl (C=O) groups is 3. The van der Waals surface area contributed by atoms with Gasteiger partial charge < -0.3 is 30.7 Å². The van der Waals surface area contributed by atoms with Gasteiger partial charge in [-0.25, -0.2) is 14.6 Å². The summed E-state index contributed by atoms with van der Waals surface area (Å²) in [7, 11) is 0. The van der Waals surface area contributed by atoms with E-state index in [2.05, 4.69) is 47.8 Å². The van der Waals surface area contributed by atoms with Gasteiger partial charge in [0.05, 0.1) is 16.3 Å². The van der Waals surface area contributed by atoms with E-state index in [-0.39, 0.29) is 36.6 Å². The zero-order valence-electron chi connectivity index (χ0n) is 25.7. The van der Waals surface area contributed by atoms with Gasteiger partial charge >= 0.3 is 12.1 Å². The molecule has 4 amide bonds. The number of nitrogens with zero attached hydrogens (tertiary/aromatic N) is 4. The number of nitrogens with one attached hydrogen (secondary N) is 3. The molecule has 0 unspecified atom stereocenters. The standard InChI is InChI=1S/C32H36BrN7O6/c1-5-15-45-28-25(33)20-34-29(38-28)36-23-17-22(18-24(19-23)37-30(42)39-13-9-10-14-39)35-27(41)26(16-21-11-7-6-8-12-21)40(31(43)44)46-32(2,3)4/h1,6-8,11-12,17-20,26H,9-10,13-16H2,2-4H3,(H,35,41)(H,37,42)(H,43,44)(H,34,36,38)/t26-/m1/s1. The molecule has 0 radical (unpaired) electrons. The fourth-order valence-electron chi connectivity index (χ4n) is 4.59. The molecule has 1 aromatic heterocycles. The van der Waals surface area contributed by atoms with E-state index < -0.39 is 23.6 Å². The summed E-state index contributed by atoms with van der Waals surface area (Å²) in [4.78, 5) is 55.2. The number of carbonyl (C=O) groups excluding carboxylic acids is 2. The summed E-state index contributed by atoms with van der Waals surface area (Å²) >= 11 is 3.33. The summed E-state index contributed by atoms with van der Waals surface area (Å²) in [5, 5.41) is 19.5. The van der Waals surface area contributed by atoms with Crippen molar-refractivity contribution in [3.8, 4) is 18.2 Å². The maximum atomic E-state index is 13.9. The third-order valence-electron chi connectivity index (χ3n) is 6.52. The first kappa shape index (κ1) is 34.0. The number of rotatable bonds is 11. The molecule has 0 spiro atoms. The number of carboxylic acid groups (broad SMARTS) is 1. The zero-order valence-corrected chi connectivity index (χ0v) is 27.3. The SMILES string of the molecule is C#CCOc1nc(Nc2cc(NC(=O)[C@@H](Cc3ccccc3)N(OC(C)(C)C)C(=O)O)cc(NC(=O)N3CCCC3)c2)ncc1Br. The second-order valence-corrected chi connectivity index (χ2v) is 12.2. The molecule has 0 saturated carbocycles. The molecular weight excluding hydrogens is 658 g/mol. The van der Waals surface area contributed by atoms with Crippen LogP contribution in [0, 0.1) is 12.3 Å². The van der Waals surface area contributed by atoms with E-state index in [1.54, 1.807) is 68.1 Å². The van der Waals surface area contributed by atoms with E-state index in [0.29, 0.717) is 34.0 Å². The Labute approximate surface area is 275 Å². The third kappa shape index (κ3) is 9.82. The number of likely N-dealkylation sites (tertiary alicyclic amines) is 1. The van der Waals surface area contributed by atoms with Crippen LogP contribution in [0.15, 0.2) is 59.2 Å². The molecule has 2 heterocycles. The highest BCUT2D eigenvalue weighted by Crippen LogP contribution is 2.29. The van der Waals surface area contributed by atoms with Crippen molar-refractivity contribution in [1.29, 1.82) is 0 Å². The van der Waals surface area contributed by atoms with Crippen LogP contribution in [0.3, 0.4) is 0 Å². The maximum absolute atomic E-state index is 13.9. The first-order valence-corrected chi connectivity index (χ1v) is 15.3. The van der Waals surface area contributed by atoms with Gasteiger partial charge in [0.15, 0.2) is 6.61 Å². The summed E-state index contributed by atoms with van der Waals surface area (Å²) in [5.41, 5.74) is 0.888. The number of amides is 4. The van der Waals surface area contributed by atoms with Crippen LogP contribution in [0.2, 0.25) is 0 Å². The van der Waals surface area contributed by atoms with Crippen molar-refractivity contribution < 1.29 is 29.1 Å². The van der Waals surface area contributed by atoms with Crippen molar-refractivity contribution in [1.82, 2.24) is 19.9 Å². The molecular formula is C32H36BrN7O6. The van der Waals surface area contributed by atoms with Crippen LogP contribution in [0.5, 0.6) is 5.88 Å². The van der Waals surface area contributed by atoms with Crippen LogP contribution in [-0.2, 0) is 16.1 Å². The second kappa shape index (κ2) is 15.4. The number of halogens is 1. The quantitative estimate of drug-likeness (QED) is 0.142. The highest BCUT2D eigenvalue weighted by molar-refractivity contribution is 9.10. The Morgan fingerprint density at radius 2 is 1.74 bits per heavy atom. The molecule has 4 N–H and O–H groups in total. The lowest BCUT2D eigenvalue weighted by Crippen LogP contribution is -2.51. The summed E-state index contributed by atoms with van der Waals surface area (Å²) in [6.07, 6.45) is 7.26. The first-order valence-electron chi connectivity index (χ1n) is 14.5. The Hall–Kier alpha value is -4.87.